The number of aromatic nitrogens is 1. The first-order chi connectivity index (χ1) is 13.4. The Balaban J connectivity index is 1.72. The van der Waals surface area contributed by atoms with Gasteiger partial charge in [0.15, 0.2) is 0 Å². The molecule has 2 N–H and O–H groups in total. The predicted octanol–water partition coefficient (Wildman–Crippen LogP) is 4.12. The molecule has 3 rings (SSSR count). The molecule has 0 aliphatic heterocycles. The molecule has 1 heterocycles. The molecule has 0 saturated carbocycles. The summed E-state index contributed by atoms with van der Waals surface area (Å²) in [5, 5.41) is 3.29. The van der Waals surface area contributed by atoms with E-state index in [1.165, 1.54) is 0 Å². The lowest BCUT2D eigenvalue weighted by Crippen LogP contribution is -2.14. The second kappa shape index (κ2) is 8.31. The molecule has 28 heavy (non-hydrogen) atoms. The first-order valence-electron chi connectivity index (χ1n) is 8.80. The van der Waals surface area contributed by atoms with Crippen molar-refractivity contribution < 1.29 is 13.2 Å². The van der Waals surface area contributed by atoms with Gasteiger partial charge < -0.3 is 10.1 Å². The van der Waals surface area contributed by atoms with Crippen molar-refractivity contribution in [2.75, 3.05) is 17.1 Å². The van der Waals surface area contributed by atoms with E-state index in [2.05, 4.69) is 15.0 Å². The molecule has 146 valence electrons. The normalized spacial score (nSPS) is 11.1. The topological polar surface area (TPSA) is 80.3 Å². The van der Waals surface area contributed by atoms with Gasteiger partial charge in [-0.15, -0.1) is 0 Å². The van der Waals surface area contributed by atoms with Crippen molar-refractivity contribution in [3.05, 3.63) is 77.6 Å². The molecule has 0 aliphatic rings. The smallest absolute Gasteiger partial charge is 0.262 e. The maximum Gasteiger partial charge on any atom is 0.262 e. The Bertz CT molecular complexity index is 1050. The fraction of sp³-hybridized carbons (Fsp3) is 0.190. The van der Waals surface area contributed by atoms with Crippen LogP contribution < -0.4 is 14.8 Å². The summed E-state index contributed by atoms with van der Waals surface area (Å²) in [6.07, 6.45) is 3.50. The average Bonchev–Trinajstić information content (AvgIpc) is 2.69. The van der Waals surface area contributed by atoms with Crippen molar-refractivity contribution in [2.24, 2.45) is 0 Å². The van der Waals surface area contributed by atoms with Crippen LogP contribution in [-0.4, -0.2) is 20.5 Å². The average molecular weight is 398 g/mol. The van der Waals surface area contributed by atoms with Crippen molar-refractivity contribution in [3.8, 4) is 5.75 Å². The van der Waals surface area contributed by atoms with Crippen molar-refractivity contribution in [1.82, 2.24) is 4.98 Å². The van der Waals surface area contributed by atoms with E-state index in [0.717, 1.165) is 16.8 Å². The number of benzene rings is 2. The van der Waals surface area contributed by atoms with Gasteiger partial charge >= 0.3 is 0 Å². The number of pyridine rings is 1. The van der Waals surface area contributed by atoms with E-state index < -0.39 is 10.0 Å². The van der Waals surface area contributed by atoms with Crippen LogP contribution in [0.25, 0.3) is 0 Å². The second-order valence-electron chi connectivity index (χ2n) is 6.48. The van der Waals surface area contributed by atoms with Crippen LogP contribution in [0.3, 0.4) is 0 Å². The molecule has 1 aromatic heterocycles. The molecule has 0 radical (unpaired) electrons. The molecule has 6 nitrogen and oxygen atoms in total. The minimum absolute atomic E-state index is 0.241. The summed E-state index contributed by atoms with van der Waals surface area (Å²) in [5.74, 6) is 0.668. The van der Waals surface area contributed by atoms with Crippen molar-refractivity contribution in [1.29, 1.82) is 0 Å². The van der Waals surface area contributed by atoms with Crippen LogP contribution in [0, 0.1) is 13.8 Å². The standard InChI is InChI=1S/C21H23N3O3S/c1-15-13-21(16(2)12-20(15)27-3)28(25,26)24-19-6-4-18(5-7-19)23-14-17-8-10-22-11-9-17/h4-13,23-24H,14H2,1-3H3. The number of rotatable bonds is 7. The number of anilines is 2. The summed E-state index contributed by atoms with van der Waals surface area (Å²) in [6, 6.07) is 14.4. The zero-order chi connectivity index (χ0) is 20.1. The highest BCUT2D eigenvalue weighted by atomic mass is 32.2. The fourth-order valence-corrected chi connectivity index (χ4v) is 4.21. The van der Waals surface area contributed by atoms with Gasteiger partial charge in [-0.3, -0.25) is 9.71 Å². The number of aryl methyl sites for hydroxylation is 2. The summed E-state index contributed by atoms with van der Waals surface area (Å²) in [6.45, 7) is 4.24. The van der Waals surface area contributed by atoms with Gasteiger partial charge in [-0.2, -0.15) is 0 Å². The quantitative estimate of drug-likeness (QED) is 0.627. The molecule has 0 bridgehead atoms. The van der Waals surface area contributed by atoms with Crippen LogP contribution in [0.2, 0.25) is 0 Å². The highest BCUT2D eigenvalue weighted by molar-refractivity contribution is 7.92. The maximum atomic E-state index is 12.8. The van der Waals surface area contributed by atoms with Gasteiger partial charge in [-0.05, 0) is 79.1 Å². The van der Waals surface area contributed by atoms with Crippen LogP contribution in [0.5, 0.6) is 5.75 Å². The Morgan fingerprint density at radius 2 is 1.57 bits per heavy atom. The van der Waals surface area contributed by atoms with E-state index in [1.54, 1.807) is 50.7 Å². The molecule has 2 aromatic carbocycles. The summed E-state index contributed by atoms with van der Waals surface area (Å²) in [4.78, 5) is 4.23. The number of hydrogen-bond donors (Lipinski definition) is 2. The zero-order valence-corrected chi connectivity index (χ0v) is 16.9. The van der Waals surface area contributed by atoms with E-state index in [9.17, 15) is 8.42 Å². The molecule has 3 aromatic rings. The summed E-state index contributed by atoms with van der Waals surface area (Å²) in [5.41, 5.74) is 3.92. The second-order valence-corrected chi connectivity index (χ2v) is 8.13. The van der Waals surface area contributed by atoms with E-state index >= 15 is 0 Å². The minimum atomic E-state index is -3.69. The maximum absolute atomic E-state index is 12.8. The molecular weight excluding hydrogens is 374 g/mol. The van der Waals surface area contributed by atoms with E-state index in [0.29, 0.717) is 23.5 Å². The summed E-state index contributed by atoms with van der Waals surface area (Å²) < 4.78 is 33.5. The van der Waals surface area contributed by atoms with Crippen molar-refractivity contribution >= 4 is 21.4 Å². The summed E-state index contributed by atoms with van der Waals surface area (Å²) >= 11 is 0. The van der Waals surface area contributed by atoms with Gasteiger partial charge in [0.2, 0.25) is 0 Å². The van der Waals surface area contributed by atoms with Crippen molar-refractivity contribution in [3.63, 3.8) is 0 Å². The van der Waals surface area contributed by atoms with Gasteiger partial charge in [-0.1, -0.05) is 0 Å². The first-order valence-corrected chi connectivity index (χ1v) is 10.3. The zero-order valence-electron chi connectivity index (χ0n) is 16.1. The van der Waals surface area contributed by atoms with Crippen LogP contribution in [-0.2, 0) is 16.6 Å². The number of hydrogen-bond acceptors (Lipinski definition) is 5. The van der Waals surface area contributed by atoms with Gasteiger partial charge in [0.05, 0.1) is 12.0 Å². The summed E-state index contributed by atoms with van der Waals surface area (Å²) in [7, 11) is -2.12. The Labute approximate surface area is 165 Å². The number of ether oxygens (including phenoxy) is 1. The lowest BCUT2D eigenvalue weighted by Gasteiger charge is -2.14. The molecule has 0 atom stereocenters. The molecule has 0 saturated heterocycles. The van der Waals surface area contributed by atoms with Gasteiger partial charge in [-0.25, -0.2) is 8.42 Å². The number of methoxy groups -OCH3 is 1. The Kier molecular flexibility index (Phi) is 5.84. The van der Waals surface area contributed by atoms with Crippen LogP contribution in [0.1, 0.15) is 16.7 Å². The Hall–Kier alpha value is -3.06. The third-order valence-corrected chi connectivity index (χ3v) is 5.89. The lowest BCUT2D eigenvalue weighted by molar-refractivity contribution is 0.411. The van der Waals surface area contributed by atoms with Crippen LogP contribution >= 0.6 is 0 Å². The third kappa shape index (κ3) is 4.61. The monoisotopic (exact) mass is 397 g/mol. The first kappa shape index (κ1) is 19.7. The molecular formula is C21H23N3O3S. The number of nitrogens with one attached hydrogen (secondary N) is 2. The molecule has 0 unspecified atom stereocenters. The fourth-order valence-electron chi connectivity index (χ4n) is 2.84. The molecule has 0 amide bonds. The van der Waals surface area contributed by atoms with E-state index in [1.807, 2.05) is 31.2 Å². The van der Waals surface area contributed by atoms with Gasteiger partial charge in [0, 0.05) is 30.3 Å². The predicted molar refractivity (Wildman–Crippen MR) is 111 cm³/mol. The molecule has 0 aliphatic carbocycles. The van der Waals surface area contributed by atoms with E-state index in [-0.39, 0.29) is 4.90 Å². The number of nitrogens with zero attached hydrogens (tertiary/aromatic N) is 1. The Morgan fingerprint density at radius 3 is 2.21 bits per heavy atom. The Morgan fingerprint density at radius 1 is 0.929 bits per heavy atom. The van der Waals surface area contributed by atoms with Crippen molar-refractivity contribution in [2.45, 2.75) is 25.3 Å². The highest BCUT2D eigenvalue weighted by Gasteiger charge is 2.19. The molecule has 7 heteroatoms. The molecule has 0 fully saturated rings. The molecule has 0 spiro atoms. The highest BCUT2D eigenvalue weighted by Crippen LogP contribution is 2.27. The van der Waals surface area contributed by atoms with Gasteiger partial charge in [0.25, 0.3) is 10.0 Å². The van der Waals surface area contributed by atoms with Crippen LogP contribution in [0.15, 0.2) is 65.8 Å². The largest absolute Gasteiger partial charge is 0.496 e. The number of sulfonamides is 1. The third-order valence-electron chi connectivity index (χ3n) is 4.37. The SMILES string of the molecule is COc1cc(C)c(S(=O)(=O)Nc2ccc(NCc3ccncc3)cc2)cc1C. The van der Waals surface area contributed by atoms with E-state index in [4.69, 9.17) is 4.74 Å². The lowest BCUT2D eigenvalue weighted by atomic mass is 10.1. The van der Waals surface area contributed by atoms with Crippen LogP contribution in [0.4, 0.5) is 11.4 Å². The van der Waals surface area contributed by atoms with Gasteiger partial charge in [0.1, 0.15) is 5.75 Å². The minimum Gasteiger partial charge on any atom is -0.496 e.